The molecule has 0 spiro atoms. The van der Waals surface area contributed by atoms with Crippen molar-refractivity contribution in [3.8, 4) is 0 Å². The Morgan fingerprint density at radius 1 is 1.43 bits per heavy atom. The van der Waals surface area contributed by atoms with Gasteiger partial charge in [0.25, 0.3) is 0 Å². The summed E-state index contributed by atoms with van der Waals surface area (Å²) in [6.07, 6.45) is 7.40. The Morgan fingerprint density at radius 2 is 2.07 bits per heavy atom. The van der Waals surface area contributed by atoms with Gasteiger partial charge in [-0.05, 0) is 25.7 Å². The summed E-state index contributed by atoms with van der Waals surface area (Å²) in [6.45, 7) is 6.29. The maximum Gasteiger partial charge on any atom is 0.146 e. The van der Waals surface area contributed by atoms with Crippen LogP contribution in [0.15, 0.2) is 17.3 Å². The Bertz CT molecular complexity index is 235. The quantitative estimate of drug-likeness (QED) is 0.530. The molecule has 78 valence electrons. The van der Waals surface area contributed by atoms with Crippen LogP contribution in [0.4, 0.5) is 0 Å². The molecule has 3 nitrogen and oxygen atoms in total. The summed E-state index contributed by atoms with van der Waals surface area (Å²) in [6, 6.07) is 0. The van der Waals surface area contributed by atoms with Crippen LogP contribution in [0.2, 0.25) is 0 Å². The molecule has 0 bridgehead atoms. The molecule has 1 heterocycles. The van der Waals surface area contributed by atoms with E-state index >= 15 is 0 Å². The first-order valence-corrected chi connectivity index (χ1v) is 5.22. The largest absolute Gasteiger partial charge is 0.355 e. The summed E-state index contributed by atoms with van der Waals surface area (Å²) in [5.41, 5.74) is 0. The zero-order valence-electron chi connectivity index (χ0n) is 9.03. The van der Waals surface area contributed by atoms with E-state index in [1.165, 1.54) is 19.1 Å². The fourth-order valence-corrected chi connectivity index (χ4v) is 1.60. The number of aliphatic imine (C=N–C) groups is 1. The molecule has 0 atom stereocenters. The van der Waals surface area contributed by atoms with Crippen molar-refractivity contribution in [2.75, 3.05) is 13.1 Å². The molecule has 0 unspecified atom stereocenters. The van der Waals surface area contributed by atoms with Gasteiger partial charge in [-0.3, -0.25) is 0 Å². The van der Waals surface area contributed by atoms with Crippen LogP contribution in [0.1, 0.15) is 26.7 Å². The molecular formula is C11H19N3. The topological polar surface area (TPSA) is 39.5 Å². The number of amidine groups is 1. The standard InChI is InChI=1S/C11H19N3/c1-3-6-13-11(9-12)14-7-4-10(2)5-8-14/h3,6,9-10,12H,4-5,7-8H2,1-2H3/b6-3-,12-9?,13-11+. The number of nitrogens with zero attached hydrogens (tertiary/aromatic N) is 2. The van der Waals surface area contributed by atoms with E-state index in [4.69, 9.17) is 5.41 Å². The third kappa shape index (κ3) is 2.98. The van der Waals surface area contributed by atoms with Gasteiger partial charge in [-0.25, -0.2) is 4.99 Å². The lowest BCUT2D eigenvalue weighted by atomic mass is 9.99. The van der Waals surface area contributed by atoms with E-state index in [-0.39, 0.29) is 0 Å². The van der Waals surface area contributed by atoms with E-state index in [9.17, 15) is 0 Å². The van der Waals surface area contributed by atoms with Gasteiger partial charge in [0, 0.05) is 19.3 Å². The van der Waals surface area contributed by atoms with Crippen LogP contribution in [0.5, 0.6) is 0 Å². The predicted octanol–water partition coefficient (Wildman–Crippen LogP) is 2.30. The zero-order valence-corrected chi connectivity index (χ0v) is 9.03. The first kappa shape index (κ1) is 11.0. The predicted molar refractivity (Wildman–Crippen MR) is 61.0 cm³/mol. The molecule has 0 aromatic rings. The van der Waals surface area contributed by atoms with Gasteiger partial charge in [0.1, 0.15) is 5.84 Å². The minimum Gasteiger partial charge on any atom is -0.355 e. The van der Waals surface area contributed by atoms with Crippen LogP contribution in [0.25, 0.3) is 0 Å². The van der Waals surface area contributed by atoms with Crippen molar-refractivity contribution in [3.05, 3.63) is 12.3 Å². The van der Waals surface area contributed by atoms with Gasteiger partial charge in [0.05, 0.1) is 6.21 Å². The van der Waals surface area contributed by atoms with Crippen LogP contribution in [0.3, 0.4) is 0 Å². The molecule has 3 heteroatoms. The molecule has 0 saturated carbocycles. The van der Waals surface area contributed by atoms with Crippen molar-refractivity contribution < 1.29 is 0 Å². The summed E-state index contributed by atoms with van der Waals surface area (Å²) in [4.78, 5) is 6.42. The van der Waals surface area contributed by atoms with Crippen molar-refractivity contribution >= 4 is 12.1 Å². The summed E-state index contributed by atoms with van der Waals surface area (Å²) < 4.78 is 0. The summed E-state index contributed by atoms with van der Waals surface area (Å²) in [7, 11) is 0. The van der Waals surface area contributed by atoms with Gasteiger partial charge < -0.3 is 10.3 Å². The molecule has 0 aromatic heterocycles. The van der Waals surface area contributed by atoms with E-state index in [1.807, 2.05) is 13.0 Å². The molecule has 14 heavy (non-hydrogen) atoms. The highest BCUT2D eigenvalue weighted by molar-refractivity contribution is 6.28. The molecule has 1 N–H and O–H groups in total. The van der Waals surface area contributed by atoms with Gasteiger partial charge in [0.15, 0.2) is 0 Å². The molecule has 0 radical (unpaired) electrons. The Labute approximate surface area is 86.0 Å². The number of rotatable bonds is 2. The summed E-state index contributed by atoms with van der Waals surface area (Å²) >= 11 is 0. The van der Waals surface area contributed by atoms with Crippen LogP contribution in [-0.4, -0.2) is 30.0 Å². The van der Waals surface area contributed by atoms with Gasteiger partial charge >= 0.3 is 0 Å². The Hall–Kier alpha value is -1.12. The Balaban J connectivity index is 2.57. The van der Waals surface area contributed by atoms with Crippen molar-refractivity contribution in [2.45, 2.75) is 26.7 Å². The lowest BCUT2D eigenvalue weighted by molar-refractivity contribution is 0.283. The Kier molecular flexibility index (Phi) is 4.36. The second-order valence-corrected chi connectivity index (χ2v) is 3.78. The number of hydrogen-bond donors (Lipinski definition) is 1. The van der Waals surface area contributed by atoms with Gasteiger partial charge in [-0.2, -0.15) is 0 Å². The van der Waals surface area contributed by atoms with E-state index in [0.717, 1.165) is 24.8 Å². The molecule has 0 aliphatic carbocycles. The van der Waals surface area contributed by atoms with Crippen molar-refractivity contribution in [1.29, 1.82) is 5.41 Å². The Morgan fingerprint density at radius 3 is 2.57 bits per heavy atom. The van der Waals surface area contributed by atoms with Gasteiger partial charge in [-0.1, -0.05) is 13.0 Å². The molecule has 1 aliphatic heterocycles. The second kappa shape index (κ2) is 5.58. The fraction of sp³-hybridized carbons (Fsp3) is 0.636. The minimum absolute atomic E-state index is 0.787. The molecule has 0 amide bonds. The van der Waals surface area contributed by atoms with E-state index in [0.29, 0.717) is 0 Å². The number of nitrogens with one attached hydrogen (secondary N) is 1. The van der Waals surface area contributed by atoms with Crippen LogP contribution >= 0.6 is 0 Å². The number of likely N-dealkylation sites (tertiary alicyclic amines) is 1. The third-order valence-electron chi connectivity index (χ3n) is 2.59. The van der Waals surface area contributed by atoms with Crippen LogP contribution in [0, 0.1) is 11.3 Å². The summed E-state index contributed by atoms with van der Waals surface area (Å²) in [5.74, 6) is 1.61. The monoisotopic (exact) mass is 193 g/mol. The molecule has 1 aliphatic rings. The first-order chi connectivity index (χ1) is 6.77. The highest BCUT2D eigenvalue weighted by Crippen LogP contribution is 2.15. The number of piperidine rings is 1. The molecule has 1 fully saturated rings. The van der Waals surface area contributed by atoms with E-state index in [1.54, 1.807) is 6.20 Å². The molecular weight excluding hydrogens is 174 g/mol. The minimum atomic E-state index is 0.787. The first-order valence-electron chi connectivity index (χ1n) is 5.22. The molecule has 0 aromatic carbocycles. The highest BCUT2D eigenvalue weighted by Gasteiger charge is 2.16. The average Bonchev–Trinajstić information content (AvgIpc) is 2.21. The lowest BCUT2D eigenvalue weighted by Crippen LogP contribution is -2.38. The highest BCUT2D eigenvalue weighted by atomic mass is 15.2. The smallest absolute Gasteiger partial charge is 0.146 e. The van der Waals surface area contributed by atoms with Gasteiger partial charge in [0.2, 0.25) is 0 Å². The lowest BCUT2D eigenvalue weighted by Gasteiger charge is -2.31. The number of allylic oxidation sites excluding steroid dienone is 1. The molecule has 1 saturated heterocycles. The maximum atomic E-state index is 7.29. The normalized spacial score (nSPS) is 20.4. The second-order valence-electron chi connectivity index (χ2n) is 3.78. The van der Waals surface area contributed by atoms with Crippen molar-refractivity contribution in [3.63, 3.8) is 0 Å². The van der Waals surface area contributed by atoms with Crippen LogP contribution < -0.4 is 0 Å². The SMILES string of the molecule is C/C=C\N=C(/C=N)N1CCC(C)CC1. The van der Waals surface area contributed by atoms with E-state index < -0.39 is 0 Å². The van der Waals surface area contributed by atoms with Crippen molar-refractivity contribution in [1.82, 2.24) is 4.90 Å². The maximum absolute atomic E-state index is 7.29. The zero-order chi connectivity index (χ0) is 10.4. The van der Waals surface area contributed by atoms with Crippen LogP contribution in [-0.2, 0) is 0 Å². The summed E-state index contributed by atoms with van der Waals surface area (Å²) in [5, 5.41) is 7.29. The van der Waals surface area contributed by atoms with Gasteiger partial charge in [-0.15, -0.1) is 0 Å². The van der Waals surface area contributed by atoms with Crippen molar-refractivity contribution in [2.24, 2.45) is 10.9 Å². The van der Waals surface area contributed by atoms with E-state index in [2.05, 4.69) is 16.8 Å². The third-order valence-corrected chi connectivity index (χ3v) is 2.59. The molecule has 1 rings (SSSR count). The fourth-order valence-electron chi connectivity index (χ4n) is 1.60. The average molecular weight is 193 g/mol. The number of hydrogen-bond acceptors (Lipinski definition) is 2.